The monoisotopic (exact) mass is 258 g/mol. The summed E-state index contributed by atoms with van der Waals surface area (Å²) >= 11 is 0. The second-order valence-corrected chi connectivity index (χ2v) is 6.16. The van der Waals surface area contributed by atoms with Crippen LogP contribution in [0, 0.1) is 0 Å². The SMILES string of the molecule is CN(CCNC1CCCCc2ccccc21)C1CC1. The molecule has 0 saturated heterocycles. The molecule has 0 bridgehead atoms. The van der Waals surface area contributed by atoms with Gasteiger partial charge in [0.1, 0.15) is 0 Å². The van der Waals surface area contributed by atoms with Crippen LogP contribution in [0.5, 0.6) is 0 Å². The van der Waals surface area contributed by atoms with Crippen LogP contribution in [0.2, 0.25) is 0 Å². The minimum atomic E-state index is 0.575. The second kappa shape index (κ2) is 6.06. The number of fused-ring (bicyclic) bond motifs is 1. The lowest BCUT2D eigenvalue weighted by atomic mass is 9.99. The van der Waals surface area contributed by atoms with E-state index in [4.69, 9.17) is 0 Å². The number of nitrogens with zero attached hydrogens (tertiary/aromatic N) is 1. The lowest BCUT2D eigenvalue weighted by molar-refractivity contribution is 0.312. The molecule has 2 aliphatic carbocycles. The van der Waals surface area contributed by atoms with Crippen LogP contribution in [0.3, 0.4) is 0 Å². The van der Waals surface area contributed by atoms with Crippen LogP contribution >= 0.6 is 0 Å². The van der Waals surface area contributed by atoms with E-state index in [1.165, 1.54) is 45.1 Å². The maximum absolute atomic E-state index is 3.79. The second-order valence-electron chi connectivity index (χ2n) is 6.16. The number of aryl methyl sites for hydroxylation is 1. The summed E-state index contributed by atoms with van der Waals surface area (Å²) in [5, 5.41) is 3.79. The van der Waals surface area contributed by atoms with Gasteiger partial charge in [0.2, 0.25) is 0 Å². The highest BCUT2D eigenvalue weighted by Crippen LogP contribution is 2.28. The van der Waals surface area contributed by atoms with Crippen LogP contribution in [-0.4, -0.2) is 31.1 Å². The standard InChI is InChI=1S/C17H26N2/c1-19(15-10-11-15)13-12-18-17-9-5-3-7-14-6-2-4-8-16(14)17/h2,4,6,8,15,17-18H,3,5,7,9-13H2,1H3. The molecule has 1 fully saturated rings. The molecule has 2 aliphatic rings. The minimum Gasteiger partial charge on any atom is -0.309 e. The summed E-state index contributed by atoms with van der Waals surface area (Å²) in [7, 11) is 2.26. The van der Waals surface area contributed by atoms with Crippen molar-refractivity contribution in [3.8, 4) is 0 Å². The highest BCUT2D eigenvalue weighted by Gasteiger charge is 2.25. The van der Waals surface area contributed by atoms with Gasteiger partial charge < -0.3 is 10.2 Å². The van der Waals surface area contributed by atoms with Crippen molar-refractivity contribution in [1.82, 2.24) is 10.2 Å². The Kier molecular flexibility index (Phi) is 4.19. The Morgan fingerprint density at radius 2 is 2.00 bits per heavy atom. The minimum absolute atomic E-state index is 0.575. The molecule has 0 amide bonds. The van der Waals surface area contributed by atoms with Crippen molar-refractivity contribution in [1.29, 1.82) is 0 Å². The highest BCUT2D eigenvalue weighted by molar-refractivity contribution is 5.31. The van der Waals surface area contributed by atoms with Gasteiger partial charge in [-0.3, -0.25) is 0 Å². The van der Waals surface area contributed by atoms with E-state index in [0.29, 0.717) is 6.04 Å². The van der Waals surface area contributed by atoms with Crippen LogP contribution in [0.25, 0.3) is 0 Å². The van der Waals surface area contributed by atoms with Crippen LogP contribution in [-0.2, 0) is 6.42 Å². The molecule has 1 aromatic carbocycles. The maximum Gasteiger partial charge on any atom is 0.0323 e. The Hall–Kier alpha value is -0.860. The summed E-state index contributed by atoms with van der Waals surface area (Å²) in [4.78, 5) is 2.51. The number of benzene rings is 1. The lowest BCUT2D eigenvalue weighted by Crippen LogP contribution is -2.32. The highest BCUT2D eigenvalue weighted by atomic mass is 15.2. The van der Waals surface area contributed by atoms with E-state index in [-0.39, 0.29) is 0 Å². The van der Waals surface area contributed by atoms with Crippen molar-refractivity contribution in [3.05, 3.63) is 35.4 Å². The van der Waals surface area contributed by atoms with Gasteiger partial charge in [-0.2, -0.15) is 0 Å². The van der Waals surface area contributed by atoms with Crippen molar-refractivity contribution < 1.29 is 0 Å². The normalized spacial score (nSPS) is 23.2. The first-order chi connectivity index (χ1) is 9.34. The quantitative estimate of drug-likeness (QED) is 0.816. The summed E-state index contributed by atoms with van der Waals surface area (Å²) in [5.41, 5.74) is 3.11. The molecule has 0 radical (unpaired) electrons. The molecule has 1 aromatic rings. The van der Waals surface area contributed by atoms with Crippen molar-refractivity contribution in [2.45, 2.75) is 50.6 Å². The topological polar surface area (TPSA) is 15.3 Å². The van der Waals surface area contributed by atoms with Gasteiger partial charge in [0, 0.05) is 25.2 Å². The summed E-state index contributed by atoms with van der Waals surface area (Å²) < 4.78 is 0. The molecule has 1 unspecified atom stereocenters. The van der Waals surface area contributed by atoms with Crippen LogP contribution in [0.1, 0.15) is 49.3 Å². The fourth-order valence-electron chi connectivity index (χ4n) is 3.25. The van der Waals surface area contributed by atoms with Gasteiger partial charge in [-0.05, 0) is 50.3 Å². The van der Waals surface area contributed by atoms with E-state index in [0.717, 1.165) is 12.6 Å². The Morgan fingerprint density at radius 1 is 1.16 bits per heavy atom. The first kappa shape index (κ1) is 13.1. The molecule has 2 heteroatoms. The summed E-state index contributed by atoms with van der Waals surface area (Å²) in [5.74, 6) is 0. The van der Waals surface area contributed by atoms with E-state index in [2.05, 4.69) is 41.5 Å². The third kappa shape index (κ3) is 3.37. The molecular formula is C17H26N2. The van der Waals surface area contributed by atoms with Gasteiger partial charge in [0.25, 0.3) is 0 Å². The molecule has 1 saturated carbocycles. The summed E-state index contributed by atoms with van der Waals surface area (Å²) in [6.07, 6.45) is 8.06. The molecular weight excluding hydrogens is 232 g/mol. The van der Waals surface area contributed by atoms with E-state index < -0.39 is 0 Å². The zero-order valence-electron chi connectivity index (χ0n) is 12.1. The summed E-state index contributed by atoms with van der Waals surface area (Å²) in [6, 6.07) is 10.5. The van der Waals surface area contributed by atoms with Gasteiger partial charge in [-0.1, -0.05) is 30.7 Å². The first-order valence-electron chi connectivity index (χ1n) is 7.86. The van der Waals surface area contributed by atoms with Crippen LogP contribution < -0.4 is 5.32 Å². The van der Waals surface area contributed by atoms with E-state index >= 15 is 0 Å². The maximum atomic E-state index is 3.79. The van der Waals surface area contributed by atoms with Crippen LogP contribution in [0.15, 0.2) is 24.3 Å². The van der Waals surface area contributed by atoms with Crippen molar-refractivity contribution in [2.24, 2.45) is 0 Å². The van der Waals surface area contributed by atoms with Gasteiger partial charge >= 0.3 is 0 Å². The van der Waals surface area contributed by atoms with Crippen LogP contribution in [0.4, 0.5) is 0 Å². The fourth-order valence-corrected chi connectivity index (χ4v) is 3.25. The zero-order chi connectivity index (χ0) is 13.1. The van der Waals surface area contributed by atoms with Gasteiger partial charge in [0.15, 0.2) is 0 Å². The largest absolute Gasteiger partial charge is 0.309 e. The Balaban J connectivity index is 1.57. The molecule has 1 atom stereocenters. The molecule has 3 rings (SSSR count). The summed E-state index contributed by atoms with van der Waals surface area (Å²) in [6.45, 7) is 2.30. The number of hydrogen-bond donors (Lipinski definition) is 1. The molecule has 1 N–H and O–H groups in total. The molecule has 2 nitrogen and oxygen atoms in total. The number of likely N-dealkylation sites (N-methyl/N-ethyl adjacent to an activating group) is 1. The molecule has 0 aromatic heterocycles. The Morgan fingerprint density at radius 3 is 2.84 bits per heavy atom. The number of nitrogens with one attached hydrogen (secondary N) is 1. The molecule has 19 heavy (non-hydrogen) atoms. The van der Waals surface area contributed by atoms with E-state index in [1.807, 2.05) is 0 Å². The fraction of sp³-hybridized carbons (Fsp3) is 0.647. The van der Waals surface area contributed by atoms with Gasteiger partial charge in [0.05, 0.1) is 0 Å². The predicted octanol–water partition coefficient (Wildman–Crippen LogP) is 3.14. The number of hydrogen-bond acceptors (Lipinski definition) is 2. The molecule has 0 spiro atoms. The molecule has 0 aliphatic heterocycles. The van der Waals surface area contributed by atoms with Crippen molar-refractivity contribution in [2.75, 3.05) is 20.1 Å². The van der Waals surface area contributed by atoms with E-state index in [9.17, 15) is 0 Å². The van der Waals surface area contributed by atoms with E-state index in [1.54, 1.807) is 11.1 Å². The Labute approximate surface area is 117 Å². The van der Waals surface area contributed by atoms with Crippen molar-refractivity contribution >= 4 is 0 Å². The third-order valence-electron chi connectivity index (χ3n) is 4.64. The number of rotatable bonds is 5. The van der Waals surface area contributed by atoms with Crippen molar-refractivity contribution in [3.63, 3.8) is 0 Å². The zero-order valence-corrected chi connectivity index (χ0v) is 12.1. The molecule has 0 heterocycles. The Bertz CT molecular complexity index is 411. The average molecular weight is 258 g/mol. The average Bonchev–Trinajstić information content (AvgIpc) is 3.26. The first-order valence-corrected chi connectivity index (χ1v) is 7.86. The lowest BCUT2D eigenvalue weighted by Gasteiger charge is -2.22. The molecule has 104 valence electrons. The smallest absolute Gasteiger partial charge is 0.0323 e. The third-order valence-corrected chi connectivity index (χ3v) is 4.64. The van der Waals surface area contributed by atoms with Gasteiger partial charge in [-0.15, -0.1) is 0 Å². The predicted molar refractivity (Wildman–Crippen MR) is 80.4 cm³/mol. The van der Waals surface area contributed by atoms with Gasteiger partial charge in [-0.25, -0.2) is 0 Å².